The van der Waals surface area contributed by atoms with Gasteiger partial charge in [0.1, 0.15) is 12.4 Å². The maximum Gasteiger partial charge on any atom is 0.293 e. The van der Waals surface area contributed by atoms with Crippen LogP contribution in [0.5, 0.6) is 5.75 Å². The number of thioether (sulfide) groups is 1. The van der Waals surface area contributed by atoms with Gasteiger partial charge in [0.25, 0.3) is 11.1 Å². The summed E-state index contributed by atoms with van der Waals surface area (Å²) in [5.74, 6) is 0.586. The molecule has 0 aliphatic carbocycles. The van der Waals surface area contributed by atoms with Gasteiger partial charge in [-0.05, 0) is 87.0 Å². The smallest absolute Gasteiger partial charge is 0.293 e. The van der Waals surface area contributed by atoms with E-state index in [1.54, 1.807) is 0 Å². The van der Waals surface area contributed by atoms with Gasteiger partial charge in [0.15, 0.2) is 0 Å². The molecule has 0 bridgehead atoms. The fourth-order valence-electron chi connectivity index (χ4n) is 3.83. The zero-order chi connectivity index (χ0) is 22.8. The second-order valence-electron chi connectivity index (χ2n) is 8.08. The Morgan fingerprint density at radius 2 is 1.69 bits per heavy atom. The Morgan fingerprint density at radius 1 is 1.00 bits per heavy atom. The van der Waals surface area contributed by atoms with Crippen LogP contribution in [0.2, 0.25) is 0 Å². The van der Waals surface area contributed by atoms with E-state index in [-0.39, 0.29) is 17.2 Å². The van der Waals surface area contributed by atoms with Gasteiger partial charge in [0.2, 0.25) is 0 Å². The third-order valence-corrected chi connectivity index (χ3v) is 6.32. The van der Waals surface area contributed by atoms with Crippen LogP contribution >= 0.6 is 11.8 Å². The van der Waals surface area contributed by atoms with Gasteiger partial charge in [-0.2, -0.15) is 0 Å². The average Bonchev–Trinajstić information content (AvgIpc) is 3.21. The number of carbonyl (C=O) groups excluding carboxylic acids is 2. The van der Waals surface area contributed by atoms with Crippen LogP contribution in [0, 0.1) is 13.8 Å². The first-order valence-corrected chi connectivity index (χ1v) is 11.4. The largest absolute Gasteiger partial charge is 0.489 e. The van der Waals surface area contributed by atoms with Crippen molar-refractivity contribution in [3.05, 3.63) is 88.1 Å². The maximum absolute atomic E-state index is 12.6. The number of hydrogen-bond acceptors (Lipinski definition) is 4. The Morgan fingerprint density at radius 3 is 2.31 bits per heavy atom. The first kappa shape index (κ1) is 22.0. The maximum atomic E-state index is 12.6. The Hall–Kier alpha value is -3.25. The molecule has 1 aliphatic rings. The molecule has 6 heteroatoms. The molecule has 1 aromatic heterocycles. The van der Waals surface area contributed by atoms with Crippen molar-refractivity contribution in [2.24, 2.45) is 0 Å². The van der Waals surface area contributed by atoms with Crippen molar-refractivity contribution in [2.45, 2.75) is 40.3 Å². The van der Waals surface area contributed by atoms with Crippen LogP contribution in [0.3, 0.4) is 0 Å². The summed E-state index contributed by atoms with van der Waals surface area (Å²) in [6.07, 6.45) is 1.82. The number of hydrogen-bond donors (Lipinski definition) is 0. The molecular weight excluding hydrogens is 420 g/mol. The molecule has 2 heterocycles. The Balaban J connectivity index is 1.54. The number of rotatable bonds is 6. The molecule has 164 valence electrons. The third kappa shape index (κ3) is 4.36. The van der Waals surface area contributed by atoms with E-state index in [9.17, 15) is 9.59 Å². The summed E-state index contributed by atoms with van der Waals surface area (Å²) in [6.45, 7) is 8.27. The van der Waals surface area contributed by atoms with Crippen molar-refractivity contribution in [2.75, 3.05) is 0 Å². The lowest BCUT2D eigenvalue weighted by Crippen LogP contribution is -2.34. The number of amides is 2. The molecule has 1 fully saturated rings. The predicted molar refractivity (Wildman–Crippen MR) is 129 cm³/mol. The molecule has 4 rings (SSSR count). The van der Waals surface area contributed by atoms with Crippen LogP contribution in [-0.4, -0.2) is 26.7 Å². The molecule has 5 nitrogen and oxygen atoms in total. The summed E-state index contributed by atoms with van der Waals surface area (Å²) >= 11 is 1.00. The molecule has 3 aromatic rings. The SMILES string of the molecule is Cc1cc(/C=C2/SC(=O)N(C(C)C)C2=O)c(C)n1-c1ccc(OCc2ccccc2)cc1. The van der Waals surface area contributed by atoms with Gasteiger partial charge >= 0.3 is 0 Å². The van der Waals surface area contributed by atoms with Crippen LogP contribution in [0.25, 0.3) is 11.8 Å². The molecule has 0 N–H and O–H groups in total. The van der Waals surface area contributed by atoms with Gasteiger partial charge < -0.3 is 9.30 Å². The molecule has 0 unspecified atom stereocenters. The zero-order valence-electron chi connectivity index (χ0n) is 18.7. The molecule has 0 spiro atoms. The van der Waals surface area contributed by atoms with E-state index >= 15 is 0 Å². The minimum atomic E-state index is -0.222. The highest BCUT2D eigenvalue weighted by atomic mass is 32.2. The number of imide groups is 1. The summed E-state index contributed by atoms with van der Waals surface area (Å²) < 4.78 is 8.03. The van der Waals surface area contributed by atoms with Gasteiger partial charge in [0.05, 0.1) is 4.91 Å². The van der Waals surface area contributed by atoms with Gasteiger partial charge in [-0.15, -0.1) is 0 Å². The lowest BCUT2D eigenvalue weighted by atomic mass is 10.2. The third-order valence-electron chi connectivity index (χ3n) is 5.44. The first-order valence-electron chi connectivity index (χ1n) is 10.6. The van der Waals surface area contributed by atoms with Crippen molar-refractivity contribution in [3.63, 3.8) is 0 Å². The van der Waals surface area contributed by atoms with Gasteiger partial charge in [-0.25, -0.2) is 0 Å². The highest BCUT2D eigenvalue weighted by molar-refractivity contribution is 8.18. The van der Waals surface area contributed by atoms with Gasteiger partial charge in [-0.3, -0.25) is 14.5 Å². The molecule has 1 aliphatic heterocycles. The molecular formula is C26H26N2O3S. The lowest BCUT2D eigenvalue weighted by Gasteiger charge is -2.16. The van der Waals surface area contributed by atoms with Crippen LogP contribution in [0.1, 0.15) is 36.4 Å². The molecule has 2 amide bonds. The highest BCUT2D eigenvalue weighted by Crippen LogP contribution is 2.35. The summed E-state index contributed by atoms with van der Waals surface area (Å²) in [7, 11) is 0. The predicted octanol–water partition coefficient (Wildman–Crippen LogP) is 6.12. The number of benzene rings is 2. The number of nitrogens with zero attached hydrogens (tertiary/aromatic N) is 2. The Kier molecular flexibility index (Phi) is 6.24. The van der Waals surface area contributed by atoms with E-state index in [1.165, 1.54) is 4.90 Å². The minimum Gasteiger partial charge on any atom is -0.489 e. The molecule has 1 saturated heterocycles. The standard InChI is InChI=1S/C26H26N2O3S/c1-17(2)27-25(29)24(32-26(27)30)15-21-14-18(3)28(19(21)4)22-10-12-23(13-11-22)31-16-20-8-6-5-7-9-20/h5-15,17H,16H2,1-4H3/b24-15+. The van der Waals surface area contributed by atoms with Gasteiger partial charge in [-0.1, -0.05) is 30.3 Å². The molecule has 0 atom stereocenters. The van der Waals surface area contributed by atoms with Gasteiger partial charge in [0, 0.05) is 23.1 Å². The lowest BCUT2D eigenvalue weighted by molar-refractivity contribution is -0.123. The van der Waals surface area contributed by atoms with Crippen molar-refractivity contribution in [1.82, 2.24) is 9.47 Å². The molecule has 2 aromatic carbocycles. The van der Waals surface area contributed by atoms with E-state index in [4.69, 9.17) is 4.74 Å². The monoisotopic (exact) mass is 446 g/mol. The fourth-order valence-corrected chi connectivity index (χ4v) is 4.78. The number of ether oxygens (including phenoxy) is 1. The summed E-state index contributed by atoms with van der Waals surface area (Å²) in [4.78, 5) is 26.6. The fraction of sp³-hybridized carbons (Fsp3) is 0.231. The van der Waals surface area contributed by atoms with Crippen LogP contribution < -0.4 is 4.74 Å². The minimum absolute atomic E-state index is 0.150. The molecule has 0 saturated carbocycles. The van der Waals surface area contributed by atoms with E-state index in [0.29, 0.717) is 11.5 Å². The van der Waals surface area contributed by atoms with Crippen LogP contribution in [0.15, 0.2) is 65.6 Å². The van der Waals surface area contributed by atoms with E-state index in [2.05, 4.69) is 4.57 Å². The summed E-state index contributed by atoms with van der Waals surface area (Å²) in [5, 5.41) is -0.212. The normalized spacial score (nSPS) is 15.3. The molecule has 32 heavy (non-hydrogen) atoms. The number of aryl methyl sites for hydroxylation is 1. The van der Waals surface area contributed by atoms with Crippen molar-refractivity contribution < 1.29 is 14.3 Å². The van der Waals surface area contributed by atoms with E-state index in [1.807, 2.05) is 94.4 Å². The summed E-state index contributed by atoms with van der Waals surface area (Å²) in [5.41, 5.74) is 5.13. The average molecular weight is 447 g/mol. The number of aromatic nitrogens is 1. The van der Waals surface area contributed by atoms with E-state index < -0.39 is 0 Å². The summed E-state index contributed by atoms with van der Waals surface area (Å²) in [6, 6.07) is 19.9. The van der Waals surface area contributed by atoms with Crippen LogP contribution in [0.4, 0.5) is 4.79 Å². The second kappa shape index (κ2) is 9.09. The Bertz CT molecular complexity index is 1180. The topological polar surface area (TPSA) is 51.5 Å². The van der Waals surface area contributed by atoms with E-state index in [0.717, 1.165) is 45.7 Å². The highest BCUT2D eigenvalue weighted by Gasteiger charge is 2.36. The molecule has 0 radical (unpaired) electrons. The first-order chi connectivity index (χ1) is 15.3. The Labute approximate surface area is 192 Å². The number of carbonyl (C=O) groups is 2. The van der Waals surface area contributed by atoms with Crippen LogP contribution in [-0.2, 0) is 11.4 Å². The van der Waals surface area contributed by atoms with Crippen molar-refractivity contribution in [3.8, 4) is 11.4 Å². The quantitative estimate of drug-likeness (QED) is 0.428. The van der Waals surface area contributed by atoms with Crippen molar-refractivity contribution >= 4 is 29.0 Å². The van der Waals surface area contributed by atoms with Crippen molar-refractivity contribution in [1.29, 1.82) is 0 Å². The second-order valence-corrected chi connectivity index (χ2v) is 9.07. The zero-order valence-corrected chi connectivity index (χ0v) is 19.5.